The van der Waals surface area contributed by atoms with E-state index < -0.39 is 22.0 Å². The van der Waals surface area contributed by atoms with Crippen LogP contribution in [-0.2, 0) is 19.6 Å². The summed E-state index contributed by atoms with van der Waals surface area (Å²) in [4.78, 5) is 12.0. The minimum Gasteiger partial charge on any atom is -0.466 e. The van der Waals surface area contributed by atoms with Crippen molar-refractivity contribution >= 4 is 16.0 Å². The molecule has 0 spiro atoms. The number of rotatable bonds is 6. The zero-order valence-corrected chi connectivity index (χ0v) is 14.3. The van der Waals surface area contributed by atoms with Gasteiger partial charge in [-0.1, -0.05) is 54.6 Å². The molecule has 0 aromatic heterocycles. The van der Waals surface area contributed by atoms with Gasteiger partial charge in [0.2, 0.25) is 10.0 Å². The Morgan fingerprint density at radius 1 is 1.08 bits per heavy atom. The second kappa shape index (κ2) is 7.42. The summed E-state index contributed by atoms with van der Waals surface area (Å²) in [6.45, 7) is 5.56. The molecule has 126 valence electrons. The molecule has 0 bridgehead atoms. The van der Waals surface area contributed by atoms with Crippen LogP contribution in [0.3, 0.4) is 0 Å². The minimum absolute atomic E-state index is 0.0133. The van der Waals surface area contributed by atoms with Crippen molar-refractivity contribution < 1.29 is 17.9 Å². The molecular formula is C18H19NO4S. The molecule has 2 rings (SSSR count). The molecule has 1 N–H and O–H groups in total. The fraction of sp³-hybridized carbons (Fsp3) is 0.167. The van der Waals surface area contributed by atoms with Gasteiger partial charge in [-0.15, -0.1) is 0 Å². The third kappa shape index (κ3) is 4.10. The first-order valence-electron chi connectivity index (χ1n) is 7.26. The van der Waals surface area contributed by atoms with E-state index in [1.807, 2.05) is 6.92 Å². The number of ether oxygens (including phenoxy) is 1. The molecule has 0 saturated carbocycles. The monoisotopic (exact) mass is 345 g/mol. The number of hydrogen-bond acceptors (Lipinski definition) is 4. The fourth-order valence-corrected chi connectivity index (χ4v) is 3.39. The van der Waals surface area contributed by atoms with Gasteiger partial charge in [-0.3, -0.25) is 0 Å². The van der Waals surface area contributed by atoms with Crippen molar-refractivity contribution in [3.8, 4) is 0 Å². The highest BCUT2D eigenvalue weighted by Crippen LogP contribution is 2.24. The van der Waals surface area contributed by atoms with Crippen LogP contribution < -0.4 is 4.72 Å². The van der Waals surface area contributed by atoms with Crippen molar-refractivity contribution in [1.82, 2.24) is 4.72 Å². The van der Waals surface area contributed by atoms with Gasteiger partial charge in [-0.2, -0.15) is 4.72 Å². The van der Waals surface area contributed by atoms with Gasteiger partial charge in [0.05, 0.1) is 23.6 Å². The van der Waals surface area contributed by atoms with E-state index in [0.717, 1.165) is 5.56 Å². The first-order chi connectivity index (χ1) is 11.3. The van der Waals surface area contributed by atoms with E-state index in [2.05, 4.69) is 16.0 Å². The largest absolute Gasteiger partial charge is 0.466 e. The highest BCUT2D eigenvalue weighted by molar-refractivity contribution is 7.89. The van der Waals surface area contributed by atoms with Crippen molar-refractivity contribution in [3.63, 3.8) is 0 Å². The van der Waals surface area contributed by atoms with Gasteiger partial charge in [-0.05, 0) is 24.6 Å². The molecule has 24 heavy (non-hydrogen) atoms. The second-order valence-corrected chi connectivity index (χ2v) is 7.01. The molecule has 2 aromatic rings. The molecule has 5 nitrogen and oxygen atoms in total. The Labute approximate surface area is 142 Å². The molecule has 0 aliphatic carbocycles. The number of sulfonamides is 1. The van der Waals surface area contributed by atoms with Crippen LogP contribution in [0.2, 0.25) is 0 Å². The summed E-state index contributed by atoms with van der Waals surface area (Å²) in [5.41, 5.74) is 1.57. The Morgan fingerprint density at radius 2 is 1.67 bits per heavy atom. The SMILES string of the molecule is C=C(C(=O)OC)[C@@H](NS(=O)(=O)c1ccc(C)cc1)c1ccccc1. The lowest BCUT2D eigenvalue weighted by molar-refractivity contribution is -0.136. The van der Waals surface area contributed by atoms with Gasteiger partial charge >= 0.3 is 5.97 Å². The summed E-state index contributed by atoms with van der Waals surface area (Å²) in [6, 6.07) is 14.3. The molecule has 0 aliphatic heterocycles. The number of carbonyl (C=O) groups excluding carboxylic acids is 1. The van der Waals surface area contributed by atoms with Crippen molar-refractivity contribution in [2.45, 2.75) is 17.9 Å². The standard InChI is InChI=1S/C18H19NO4S/c1-13-9-11-16(12-10-13)24(21,22)19-17(14(2)18(20)23-3)15-7-5-4-6-8-15/h4-12,17,19H,2H2,1,3H3/t17-/m1/s1. The summed E-state index contributed by atoms with van der Waals surface area (Å²) in [5.74, 6) is -0.671. The molecule has 2 aromatic carbocycles. The third-order valence-corrected chi connectivity index (χ3v) is 4.97. The van der Waals surface area contributed by atoms with Crippen molar-refractivity contribution in [3.05, 3.63) is 77.9 Å². The van der Waals surface area contributed by atoms with Crippen LogP contribution >= 0.6 is 0 Å². The Kier molecular flexibility index (Phi) is 5.54. The molecule has 0 heterocycles. The molecule has 0 radical (unpaired) electrons. The van der Waals surface area contributed by atoms with Crippen LogP contribution in [0.25, 0.3) is 0 Å². The molecule has 0 saturated heterocycles. The molecule has 6 heteroatoms. The molecule has 0 fully saturated rings. The predicted octanol–water partition coefficient (Wildman–Crippen LogP) is 2.74. The minimum atomic E-state index is -3.83. The number of nitrogens with one attached hydrogen (secondary N) is 1. The van der Waals surface area contributed by atoms with Crippen LogP contribution in [0.15, 0.2) is 71.6 Å². The first-order valence-corrected chi connectivity index (χ1v) is 8.74. The maximum absolute atomic E-state index is 12.6. The maximum atomic E-state index is 12.6. The molecule has 0 unspecified atom stereocenters. The van der Waals surface area contributed by atoms with Gasteiger partial charge in [0, 0.05) is 0 Å². The van der Waals surface area contributed by atoms with Gasteiger partial charge in [0.25, 0.3) is 0 Å². The predicted molar refractivity (Wildman–Crippen MR) is 91.8 cm³/mol. The molecule has 0 amide bonds. The van der Waals surface area contributed by atoms with E-state index in [-0.39, 0.29) is 10.5 Å². The van der Waals surface area contributed by atoms with E-state index in [1.165, 1.54) is 19.2 Å². The van der Waals surface area contributed by atoms with E-state index in [0.29, 0.717) is 5.56 Å². The van der Waals surface area contributed by atoms with Crippen molar-refractivity contribution in [1.29, 1.82) is 0 Å². The normalized spacial score (nSPS) is 12.4. The van der Waals surface area contributed by atoms with E-state index >= 15 is 0 Å². The average molecular weight is 345 g/mol. The van der Waals surface area contributed by atoms with Crippen LogP contribution in [-0.4, -0.2) is 21.5 Å². The van der Waals surface area contributed by atoms with Gasteiger partial charge < -0.3 is 4.74 Å². The van der Waals surface area contributed by atoms with Gasteiger partial charge in [0.15, 0.2) is 0 Å². The number of hydrogen-bond donors (Lipinski definition) is 1. The highest BCUT2D eigenvalue weighted by Gasteiger charge is 2.27. The second-order valence-electron chi connectivity index (χ2n) is 5.29. The topological polar surface area (TPSA) is 72.5 Å². The third-order valence-electron chi connectivity index (χ3n) is 3.53. The van der Waals surface area contributed by atoms with Crippen molar-refractivity contribution in [2.24, 2.45) is 0 Å². The summed E-state index contributed by atoms with van der Waals surface area (Å²) in [5, 5.41) is 0. The molecule has 0 aliphatic rings. The number of methoxy groups -OCH3 is 1. The number of benzene rings is 2. The summed E-state index contributed by atoms with van der Waals surface area (Å²) < 4.78 is 32.5. The van der Waals surface area contributed by atoms with E-state index in [9.17, 15) is 13.2 Å². The Morgan fingerprint density at radius 3 is 2.21 bits per heavy atom. The van der Waals surface area contributed by atoms with E-state index in [1.54, 1.807) is 42.5 Å². The van der Waals surface area contributed by atoms with Crippen LogP contribution in [0.4, 0.5) is 0 Å². The van der Waals surface area contributed by atoms with Crippen LogP contribution in [0, 0.1) is 6.92 Å². The lowest BCUT2D eigenvalue weighted by Gasteiger charge is -2.20. The lowest BCUT2D eigenvalue weighted by Crippen LogP contribution is -2.32. The zero-order valence-electron chi connectivity index (χ0n) is 13.5. The van der Waals surface area contributed by atoms with Crippen LogP contribution in [0.1, 0.15) is 17.2 Å². The number of aryl methyl sites for hydroxylation is 1. The highest BCUT2D eigenvalue weighted by atomic mass is 32.2. The van der Waals surface area contributed by atoms with Crippen LogP contribution in [0.5, 0.6) is 0 Å². The number of esters is 1. The quantitative estimate of drug-likeness (QED) is 0.645. The lowest BCUT2D eigenvalue weighted by atomic mass is 10.0. The number of carbonyl (C=O) groups is 1. The average Bonchev–Trinajstić information content (AvgIpc) is 2.59. The Balaban J connectivity index is 2.39. The van der Waals surface area contributed by atoms with Gasteiger partial charge in [0.1, 0.15) is 0 Å². The van der Waals surface area contributed by atoms with Crippen molar-refractivity contribution in [2.75, 3.05) is 7.11 Å². The summed E-state index contributed by atoms with van der Waals surface area (Å²) in [6.07, 6.45) is 0. The molecular weight excluding hydrogens is 326 g/mol. The smallest absolute Gasteiger partial charge is 0.335 e. The Hall–Kier alpha value is -2.44. The first kappa shape index (κ1) is 17.9. The van der Waals surface area contributed by atoms with E-state index in [4.69, 9.17) is 0 Å². The molecule has 1 atom stereocenters. The summed E-state index contributed by atoms with van der Waals surface area (Å²) >= 11 is 0. The zero-order chi connectivity index (χ0) is 17.7. The fourth-order valence-electron chi connectivity index (χ4n) is 2.18. The Bertz CT molecular complexity index is 827. The van der Waals surface area contributed by atoms with Gasteiger partial charge in [-0.25, -0.2) is 13.2 Å². The maximum Gasteiger partial charge on any atom is 0.335 e. The summed E-state index contributed by atoms with van der Waals surface area (Å²) in [7, 11) is -2.60.